The SMILES string of the molecule is CC(c1ccc(O)c(O)c1)C(C)(C#N)c1ccccc1. The standard InChI is InChI=1S/C17H17NO2/c1-12(13-8-9-15(19)16(20)10-13)17(2,11-18)14-6-4-3-5-7-14/h3-10,12,19-20H,1-2H3. The third-order valence-corrected chi connectivity index (χ3v) is 3.97. The van der Waals surface area contributed by atoms with E-state index in [4.69, 9.17) is 0 Å². The van der Waals surface area contributed by atoms with E-state index in [1.165, 1.54) is 12.1 Å². The van der Waals surface area contributed by atoms with Crippen molar-refractivity contribution in [3.63, 3.8) is 0 Å². The third kappa shape index (κ3) is 2.33. The van der Waals surface area contributed by atoms with E-state index in [0.717, 1.165) is 11.1 Å². The van der Waals surface area contributed by atoms with Crippen LogP contribution in [0, 0.1) is 11.3 Å². The van der Waals surface area contributed by atoms with Gasteiger partial charge in [0.05, 0.1) is 11.5 Å². The first-order valence-electron chi connectivity index (χ1n) is 6.47. The fraction of sp³-hybridized carbons (Fsp3) is 0.235. The lowest BCUT2D eigenvalue weighted by atomic mass is 9.71. The molecule has 2 atom stereocenters. The third-order valence-electron chi connectivity index (χ3n) is 3.97. The molecule has 0 spiro atoms. The van der Waals surface area contributed by atoms with Crippen LogP contribution in [0.1, 0.15) is 30.9 Å². The maximum Gasteiger partial charge on any atom is 0.157 e. The van der Waals surface area contributed by atoms with Crippen molar-refractivity contribution in [3.05, 3.63) is 59.7 Å². The van der Waals surface area contributed by atoms with Gasteiger partial charge in [0.25, 0.3) is 0 Å². The molecular weight excluding hydrogens is 250 g/mol. The van der Waals surface area contributed by atoms with Gasteiger partial charge >= 0.3 is 0 Å². The summed E-state index contributed by atoms with van der Waals surface area (Å²) in [5, 5.41) is 28.6. The van der Waals surface area contributed by atoms with E-state index in [9.17, 15) is 15.5 Å². The Hall–Kier alpha value is -2.47. The first kappa shape index (κ1) is 14.0. The highest BCUT2D eigenvalue weighted by Crippen LogP contribution is 2.40. The van der Waals surface area contributed by atoms with Gasteiger partial charge in [0.15, 0.2) is 11.5 Å². The molecule has 0 radical (unpaired) electrons. The summed E-state index contributed by atoms with van der Waals surface area (Å²) in [7, 11) is 0. The van der Waals surface area contributed by atoms with Crippen LogP contribution in [-0.4, -0.2) is 10.2 Å². The largest absolute Gasteiger partial charge is 0.504 e. The van der Waals surface area contributed by atoms with Crippen LogP contribution in [0.4, 0.5) is 0 Å². The minimum absolute atomic E-state index is 0.124. The Morgan fingerprint density at radius 1 is 1.05 bits per heavy atom. The minimum atomic E-state index is -0.704. The predicted octanol–water partition coefficient (Wildman–Crippen LogP) is 3.68. The molecule has 2 N–H and O–H groups in total. The van der Waals surface area contributed by atoms with Gasteiger partial charge in [0, 0.05) is 5.92 Å². The molecule has 0 aliphatic heterocycles. The molecule has 102 valence electrons. The molecule has 0 fully saturated rings. The lowest BCUT2D eigenvalue weighted by Gasteiger charge is -2.30. The van der Waals surface area contributed by atoms with E-state index in [1.54, 1.807) is 6.07 Å². The molecule has 0 aliphatic carbocycles. The van der Waals surface area contributed by atoms with Crippen molar-refractivity contribution in [2.75, 3.05) is 0 Å². The highest BCUT2D eigenvalue weighted by molar-refractivity contribution is 5.45. The monoisotopic (exact) mass is 267 g/mol. The number of phenols is 2. The van der Waals surface area contributed by atoms with Crippen LogP contribution in [0.3, 0.4) is 0 Å². The number of phenolic OH excluding ortho intramolecular Hbond substituents is 2. The number of aromatic hydroxyl groups is 2. The maximum absolute atomic E-state index is 9.63. The molecule has 0 bridgehead atoms. The number of benzene rings is 2. The molecule has 2 aromatic rings. The van der Waals surface area contributed by atoms with Crippen molar-refractivity contribution in [2.24, 2.45) is 0 Å². The van der Waals surface area contributed by atoms with Gasteiger partial charge in [-0.15, -0.1) is 0 Å². The van der Waals surface area contributed by atoms with Crippen LogP contribution in [0.25, 0.3) is 0 Å². The minimum Gasteiger partial charge on any atom is -0.504 e. The molecule has 3 heteroatoms. The van der Waals surface area contributed by atoms with Crippen LogP contribution in [0.15, 0.2) is 48.5 Å². The van der Waals surface area contributed by atoms with Gasteiger partial charge in [-0.25, -0.2) is 0 Å². The normalized spacial score (nSPS) is 15.1. The van der Waals surface area contributed by atoms with Gasteiger partial charge in [-0.1, -0.05) is 43.3 Å². The van der Waals surface area contributed by atoms with Crippen molar-refractivity contribution in [3.8, 4) is 17.6 Å². The molecule has 0 saturated heterocycles. The molecule has 2 rings (SSSR count). The Morgan fingerprint density at radius 2 is 1.70 bits per heavy atom. The maximum atomic E-state index is 9.63. The van der Waals surface area contributed by atoms with Crippen molar-refractivity contribution >= 4 is 0 Å². The summed E-state index contributed by atoms with van der Waals surface area (Å²) in [5.74, 6) is -0.441. The predicted molar refractivity (Wildman–Crippen MR) is 77.6 cm³/mol. The smallest absolute Gasteiger partial charge is 0.157 e. The second-order valence-electron chi connectivity index (χ2n) is 5.15. The number of nitrogens with zero attached hydrogens (tertiary/aromatic N) is 1. The van der Waals surface area contributed by atoms with E-state index in [-0.39, 0.29) is 17.4 Å². The zero-order valence-corrected chi connectivity index (χ0v) is 11.5. The summed E-state index contributed by atoms with van der Waals surface area (Å²) >= 11 is 0. The van der Waals surface area contributed by atoms with Crippen molar-refractivity contribution in [1.29, 1.82) is 5.26 Å². The van der Waals surface area contributed by atoms with E-state index >= 15 is 0 Å². The Morgan fingerprint density at radius 3 is 2.25 bits per heavy atom. The first-order valence-corrected chi connectivity index (χ1v) is 6.47. The molecule has 0 aliphatic rings. The molecule has 20 heavy (non-hydrogen) atoms. The van der Waals surface area contributed by atoms with Crippen LogP contribution >= 0.6 is 0 Å². The Balaban J connectivity index is 2.46. The molecular formula is C17H17NO2. The average Bonchev–Trinajstić information content (AvgIpc) is 2.49. The molecule has 0 amide bonds. The number of hydrogen-bond acceptors (Lipinski definition) is 3. The summed E-state index contributed by atoms with van der Waals surface area (Å²) in [6, 6.07) is 16.7. The first-order chi connectivity index (χ1) is 9.49. The van der Waals surface area contributed by atoms with Gasteiger partial charge in [0.1, 0.15) is 0 Å². The summed E-state index contributed by atoms with van der Waals surface area (Å²) < 4.78 is 0. The highest BCUT2D eigenvalue weighted by atomic mass is 16.3. The van der Waals surface area contributed by atoms with Gasteiger partial charge in [0.2, 0.25) is 0 Å². The van der Waals surface area contributed by atoms with Crippen LogP contribution in [-0.2, 0) is 5.41 Å². The van der Waals surface area contributed by atoms with Crippen LogP contribution in [0.2, 0.25) is 0 Å². The Bertz CT molecular complexity index is 646. The average molecular weight is 267 g/mol. The molecule has 0 aromatic heterocycles. The molecule has 3 nitrogen and oxygen atoms in total. The Labute approximate surface area is 118 Å². The fourth-order valence-electron chi connectivity index (χ4n) is 2.34. The number of nitriles is 1. The summed E-state index contributed by atoms with van der Waals surface area (Å²) in [6.45, 7) is 3.83. The summed E-state index contributed by atoms with van der Waals surface area (Å²) in [5.41, 5.74) is 1.04. The van der Waals surface area contributed by atoms with Gasteiger partial charge in [-0.3, -0.25) is 0 Å². The van der Waals surface area contributed by atoms with E-state index in [0.29, 0.717) is 0 Å². The van der Waals surface area contributed by atoms with Gasteiger partial charge in [-0.05, 0) is 30.2 Å². The topological polar surface area (TPSA) is 64.2 Å². The quantitative estimate of drug-likeness (QED) is 0.834. The number of rotatable bonds is 3. The van der Waals surface area contributed by atoms with Crippen LogP contribution < -0.4 is 0 Å². The second kappa shape index (κ2) is 5.26. The fourth-order valence-corrected chi connectivity index (χ4v) is 2.34. The molecule has 2 unspecified atom stereocenters. The van der Waals surface area contributed by atoms with Crippen molar-refractivity contribution in [2.45, 2.75) is 25.2 Å². The van der Waals surface area contributed by atoms with Gasteiger partial charge in [-0.2, -0.15) is 5.26 Å². The van der Waals surface area contributed by atoms with E-state index in [1.807, 2.05) is 44.2 Å². The second-order valence-corrected chi connectivity index (χ2v) is 5.15. The van der Waals surface area contributed by atoms with E-state index < -0.39 is 5.41 Å². The van der Waals surface area contributed by atoms with Crippen LogP contribution in [0.5, 0.6) is 11.5 Å². The lowest BCUT2D eigenvalue weighted by Crippen LogP contribution is -2.26. The lowest BCUT2D eigenvalue weighted by molar-refractivity contribution is 0.401. The summed E-state index contributed by atoms with van der Waals surface area (Å²) in [4.78, 5) is 0. The highest BCUT2D eigenvalue weighted by Gasteiger charge is 2.34. The molecule has 0 heterocycles. The Kier molecular flexibility index (Phi) is 3.67. The number of hydrogen-bond donors (Lipinski definition) is 2. The summed E-state index contributed by atoms with van der Waals surface area (Å²) in [6.07, 6.45) is 0. The zero-order valence-electron chi connectivity index (χ0n) is 11.5. The van der Waals surface area contributed by atoms with Crippen molar-refractivity contribution in [1.82, 2.24) is 0 Å². The zero-order chi connectivity index (χ0) is 14.8. The van der Waals surface area contributed by atoms with Gasteiger partial charge < -0.3 is 10.2 Å². The molecule has 2 aromatic carbocycles. The molecule has 0 saturated carbocycles. The van der Waals surface area contributed by atoms with E-state index in [2.05, 4.69) is 6.07 Å². The van der Waals surface area contributed by atoms with Crippen molar-refractivity contribution < 1.29 is 10.2 Å².